The number of rotatable bonds is 4. The number of nitrogens with one attached hydrogen (secondary N) is 1. The smallest absolute Gasteiger partial charge is 0.243 e. The molecule has 0 aromatic carbocycles. The molecule has 0 bridgehead atoms. The first-order valence-electron chi connectivity index (χ1n) is 7.96. The Kier molecular flexibility index (Phi) is 4.09. The van der Waals surface area contributed by atoms with Crippen molar-refractivity contribution in [1.29, 1.82) is 0 Å². The standard InChI is InChI=1S/C16H22N4O2/c1-10-7-8-17-14(18-10)11(2)19-15(21)13-4-3-9-20(13)16(22)12-5-6-12/h7-8,11-13H,3-6,9H2,1-2H3,(H,19,21)/t11?,13-/m0/s1. The van der Waals surface area contributed by atoms with Crippen molar-refractivity contribution in [2.24, 2.45) is 5.92 Å². The van der Waals surface area contributed by atoms with Crippen LogP contribution in [0.4, 0.5) is 0 Å². The van der Waals surface area contributed by atoms with Crippen LogP contribution < -0.4 is 5.32 Å². The lowest BCUT2D eigenvalue weighted by atomic mass is 10.1. The fourth-order valence-electron chi connectivity index (χ4n) is 2.92. The quantitative estimate of drug-likeness (QED) is 0.911. The Labute approximate surface area is 130 Å². The molecular weight excluding hydrogens is 280 g/mol. The third kappa shape index (κ3) is 3.10. The van der Waals surface area contributed by atoms with Gasteiger partial charge in [0.25, 0.3) is 0 Å². The van der Waals surface area contributed by atoms with Crippen LogP contribution in [0.5, 0.6) is 0 Å². The predicted molar refractivity (Wildman–Crippen MR) is 80.8 cm³/mol. The van der Waals surface area contributed by atoms with Gasteiger partial charge in [0.05, 0.1) is 6.04 Å². The van der Waals surface area contributed by atoms with E-state index in [1.807, 2.05) is 19.9 Å². The van der Waals surface area contributed by atoms with Crippen molar-refractivity contribution in [2.45, 2.75) is 51.6 Å². The van der Waals surface area contributed by atoms with Gasteiger partial charge in [-0.25, -0.2) is 9.97 Å². The monoisotopic (exact) mass is 302 g/mol. The molecule has 2 heterocycles. The zero-order chi connectivity index (χ0) is 15.7. The number of hydrogen-bond donors (Lipinski definition) is 1. The maximum atomic E-state index is 12.5. The molecule has 2 fully saturated rings. The highest BCUT2D eigenvalue weighted by molar-refractivity contribution is 5.90. The normalized spacial score (nSPS) is 22.5. The van der Waals surface area contributed by atoms with Crippen LogP contribution in [0.1, 0.15) is 50.2 Å². The van der Waals surface area contributed by atoms with Gasteiger partial charge in [0.2, 0.25) is 11.8 Å². The topological polar surface area (TPSA) is 75.2 Å². The maximum absolute atomic E-state index is 12.5. The molecule has 1 saturated heterocycles. The fourth-order valence-corrected chi connectivity index (χ4v) is 2.92. The van der Waals surface area contributed by atoms with Crippen molar-refractivity contribution in [1.82, 2.24) is 20.2 Å². The second-order valence-corrected chi connectivity index (χ2v) is 6.25. The van der Waals surface area contributed by atoms with Crippen LogP contribution in [0.3, 0.4) is 0 Å². The van der Waals surface area contributed by atoms with E-state index >= 15 is 0 Å². The number of likely N-dealkylation sites (tertiary alicyclic amines) is 1. The lowest BCUT2D eigenvalue weighted by molar-refractivity contribution is -0.139. The molecule has 2 amide bonds. The molecule has 22 heavy (non-hydrogen) atoms. The maximum Gasteiger partial charge on any atom is 0.243 e. The van der Waals surface area contributed by atoms with Crippen molar-refractivity contribution < 1.29 is 9.59 Å². The summed E-state index contributed by atoms with van der Waals surface area (Å²) in [6.07, 6.45) is 5.27. The Morgan fingerprint density at radius 1 is 1.36 bits per heavy atom. The van der Waals surface area contributed by atoms with Crippen molar-refractivity contribution in [3.63, 3.8) is 0 Å². The number of aryl methyl sites for hydroxylation is 1. The van der Waals surface area contributed by atoms with Gasteiger partial charge in [-0.3, -0.25) is 9.59 Å². The van der Waals surface area contributed by atoms with Gasteiger partial charge in [-0.2, -0.15) is 0 Å². The highest BCUT2D eigenvalue weighted by atomic mass is 16.2. The largest absolute Gasteiger partial charge is 0.345 e. The molecule has 1 aliphatic heterocycles. The number of nitrogens with zero attached hydrogens (tertiary/aromatic N) is 3. The number of aromatic nitrogens is 2. The van der Waals surface area contributed by atoms with Gasteiger partial charge in [-0.1, -0.05) is 0 Å². The van der Waals surface area contributed by atoms with Crippen LogP contribution in [0.2, 0.25) is 0 Å². The van der Waals surface area contributed by atoms with E-state index in [1.165, 1.54) is 0 Å². The van der Waals surface area contributed by atoms with Gasteiger partial charge >= 0.3 is 0 Å². The molecule has 1 unspecified atom stereocenters. The van der Waals surface area contributed by atoms with Gasteiger partial charge in [0, 0.05) is 24.4 Å². The zero-order valence-corrected chi connectivity index (χ0v) is 13.1. The first kappa shape index (κ1) is 14.9. The molecule has 2 aliphatic rings. The highest BCUT2D eigenvalue weighted by Gasteiger charge is 2.41. The molecule has 1 aliphatic carbocycles. The van der Waals surface area contributed by atoms with Crippen molar-refractivity contribution in [2.75, 3.05) is 6.54 Å². The van der Waals surface area contributed by atoms with Crippen molar-refractivity contribution in [3.05, 3.63) is 23.8 Å². The molecule has 3 rings (SSSR count). The molecule has 118 valence electrons. The van der Waals surface area contributed by atoms with Crippen LogP contribution in [-0.4, -0.2) is 39.3 Å². The Balaban J connectivity index is 1.64. The second-order valence-electron chi connectivity index (χ2n) is 6.25. The number of carbonyl (C=O) groups excluding carboxylic acids is 2. The van der Waals surface area contributed by atoms with Crippen LogP contribution in [0.15, 0.2) is 12.3 Å². The van der Waals surface area contributed by atoms with Gasteiger partial charge in [-0.05, 0) is 45.6 Å². The highest BCUT2D eigenvalue weighted by Crippen LogP contribution is 2.33. The van der Waals surface area contributed by atoms with Crippen molar-refractivity contribution >= 4 is 11.8 Å². The summed E-state index contributed by atoms with van der Waals surface area (Å²) < 4.78 is 0. The minimum atomic E-state index is -0.333. The summed E-state index contributed by atoms with van der Waals surface area (Å²) in [6, 6.07) is 1.23. The van der Waals surface area contributed by atoms with Crippen LogP contribution in [0.25, 0.3) is 0 Å². The minimum absolute atomic E-state index is 0.0934. The summed E-state index contributed by atoms with van der Waals surface area (Å²) >= 11 is 0. The Morgan fingerprint density at radius 3 is 2.82 bits per heavy atom. The van der Waals surface area contributed by atoms with Gasteiger partial charge in [0.1, 0.15) is 11.9 Å². The fraction of sp³-hybridized carbons (Fsp3) is 0.625. The summed E-state index contributed by atoms with van der Waals surface area (Å²) in [5.74, 6) is 0.818. The number of hydrogen-bond acceptors (Lipinski definition) is 4. The van der Waals surface area contributed by atoms with E-state index in [9.17, 15) is 9.59 Å². The second kappa shape index (κ2) is 6.02. The Hall–Kier alpha value is -1.98. The van der Waals surface area contributed by atoms with Crippen molar-refractivity contribution in [3.8, 4) is 0 Å². The van der Waals surface area contributed by atoms with Gasteiger partial charge < -0.3 is 10.2 Å². The van der Waals surface area contributed by atoms with E-state index in [0.29, 0.717) is 12.4 Å². The third-order valence-corrected chi connectivity index (χ3v) is 4.32. The van der Waals surface area contributed by atoms with Gasteiger partial charge in [0.15, 0.2) is 0 Å². The van der Waals surface area contributed by atoms with E-state index in [4.69, 9.17) is 0 Å². The number of amides is 2. The predicted octanol–water partition coefficient (Wildman–Crippen LogP) is 1.36. The molecule has 1 saturated carbocycles. The summed E-state index contributed by atoms with van der Waals surface area (Å²) in [5, 5.41) is 2.95. The molecule has 6 heteroatoms. The molecule has 0 spiro atoms. The number of carbonyl (C=O) groups is 2. The first-order chi connectivity index (χ1) is 10.6. The SMILES string of the molecule is Cc1ccnc(C(C)NC(=O)[C@@H]2CCCN2C(=O)C2CC2)n1. The zero-order valence-electron chi connectivity index (χ0n) is 13.1. The summed E-state index contributed by atoms with van der Waals surface area (Å²) in [7, 11) is 0. The molecular formula is C16H22N4O2. The van der Waals surface area contributed by atoms with Crippen LogP contribution >= 0.6 is 0 Å². The molecule has 1 aromatic heterocycles. The van der Waals surface area contributed by atoms with Gasteiger partial charge in [-0.15, -0.1) is 0 Å². The van der Waals surface area contributed by atoms with E-state index in [1.54, 1.807) is 11.1 Å². The minimum Gasteiger partial charge on any atom is -0.345 e. The Morgan fingerprint density at radius 2 is 2.14 bits per heavy atom. The van der Waals surface area contributed by atoms with E-state index < -0.39 is 0 Å². The molecule has 6 nitrogen and oxygen atoms in total. The van der Waals surface area contributed by atoms with E-state index in [2.05, 4.69) is 15.3 Å². The molecule has 1 aromatic rings. The van der Waals surface area contributed by atoms with E-state index in [0.717, 1.165) is 31.4 Å². The summed E-state index contributed by atoms with van der Waals surface area (Å²) in [4.78, 5) is 35.1. The summed E-state index contributed by atoms with van der Waals surface area (Å²) in [6.45, 7) is 4.46. The van der Waals surface area contributed by atoms with Crippen LogP contribution in [-0.2, 0) is 9.59 Å². The molecule has 1 N–H and O–H groups in total. The lowest BCUT2D eigenvalue weighted by Gasteiger charge is -2.25. The molecule has 0 radical (unpaired) electrons. The average molecular weight is 302 g/mol. The van der Waals surface area contributed by atoms with Crippen LogP contribution in [0, 0.1) is 12.8 Å². The Bertz CT molecular complexity index is 585. The van der Waals surface area contributed by atoms with E-state index in [-0.39, 0.29) is 29.8 Å². The lowest BCUT2D eigenvalue weighted by Crippen LogP contribution is -2.47. The molecule has 2 atom stereocenters. The first-order valence-corrected chi connectivity index (χ1v) is 7.96. The third-order valence-electron chi connectivity index (χ3n) is 4.32. The average Bonchev–Trinajstić information content (AvgIpc) is 3.23. The summed E-state index contributed by atoms with van der Waals surface area (Å²) in [5.41, 5.74) is 0.873.